The van der Waals surface area contributed by atoms with Gasteiger partial charge in [-0.15, -0.1) is 0 Å². The van der Waals surface area contributed by atoms with Gasteiger partial charge in [-0.1, -0.05) is 26.7 Å². The first-order valence-electron chi connectivity index (χ1n) is 10.4. The van der Waals surface area contributed by atoms with Crippen LogP contribution in [0.25, 0.3) is 0 Å². The Morgan fingerprint density at radius 3 is 2.20 bits per heavy atom. The van der Waals surface area contributed by atoms with Gasteiger partial charge in [0.05, 0.1) is 5.41 Å². The van der Waals surface area contributed by atoms with Crippen LogP contribution in [0.4, 0.5) is 0 Å². The maximum Gasteiger partial charge on any atom is 0.312 e. The summed E-state index contributed by atoms with van der Waals surface area (Å²) in [6, 6.07) is 0.231. The zero-order valence-corrected chi connectivity index (χ0v) is 15.8. The Bertz CT molecular complexity index is 508. The van der Waals surface area contributed by atoms with Crippen LogP contribution in [0.15, 0.2) is 0 Å². The lowest BCUT2D eigenvalue weighted by atomic mass is 9.49. The van der Waals surface area contributed by atoms with Gasteiger partial charge in [-0.3, -0.25) is 9.59 Å². The molecular weight excluding hydrogens is 314 g/mol. The van der Waals surface area contributed by atoms with Crippen molar-refractivity contribution in [1.82, 2.24) is 5.32 Å². The fourth-order valence-electron chi connectivity index (χ4n) is 6.68. The standard InChI is InChI=1S/C21H33NO3/c1-13-4-3-5-18(14(13)2)22-19(23)12-25-20(24)21-9-15-6-16(10-21)8-17(7-15)11-21/h13-18H,3-12H2,1-2H3,(H,22,23). The van der Waals surface area contributed by atoms with E-state index in [-0.39, 0.29) is 29.9 Å². The number of nitrogens with one attached hydrogen (secondary N) is 1. The van der Waals surface area contributed by atoms with Crippen molar-refractivity contribution in [2.75, 3.05) is 6.61 Å². The minimum atomic E-state index is -0.262. The van der Waals surface area contributed by atoms with Crippen molar-refractivity contribution >= 4 is 11.9 Å². The summed E-state index contributed by atoms with van der Waals surface area (Å²) in [6.45, 7) is 4.38. The fourth-order valence-corrected chi connectivity index (χ4v) is 6.68. The minimum absolute atomic E-state index is 0.0909. The van der Waals surface area contributed by atoms with E-state index in [0.717, 1.165) is 43.4 Å². The molecule has 0 saturated heterocycles. The van der Waals surface area contributed by atoms with Crippen molar-refractivity contribution in [2.45, 2.75) is 77.7 Å². The van der Waals surface area contributed by atoms with Gasteiger partial charge in [0.15, 0.2) is 6.61 Å². The number of amides is 1. The van der Waals surface area contributed by atoms with Gasteiger partial charge < -0.3 is 10.1 Å². The Balaban J connectivity index is 1.29. The van der Waals surface area contributed by atoms with Crippen molar-refractivity contribution in [3.63, 3.8) is 0 Å². The summed E-state index contributed by atoms with van der Waals surface area (Å²) in [5.41, 5.74) is -0.262. The third kappa shape index (κ3) is 3.33. The molecule has 0 aliphatic heterocycles. The van der Waals surface area contributed by atoms with E-state index in [2.05, 4.69) is 19.2 Å². The lowest BCUT2D eigenvalue weighted by molar-refractivity contribution is -0.173. The Morgan fingerprint density at radius 1 is 1.00 bits per heavy atom. The van der Waals surface area contributed by atoms with Crippen molar-refractivity contribution < 1.29 is 14.3 Å². The number of carbonyl (C=O) groups is 2. The van der Waals surface area contributed by atoms with Crippen LogP contribution in [0.5, 0.6) is 0 Å². The van der Waals surface area contributed by atoms with Crippen LogP contribution in [0, 0.1) is 35.0 Å². The molecule has 0 heterocycles. The van der Waals surface area contributed by atoms with Crippen molar-refractivity contribution in [1.29, 1.82) is 0 Å². The monoisotopic (exact) mass is 347 g/mol. The number of esters is 1. The average molecular weight is 347 g/mol. The zero-order chi connectivity index (χ0) is 17.6. The molecule has 4 nitrogen and oxygen atoms in total. The molecule has 5 fully saturated rings. The second-order valence-corrected chi connectivity index (χ2v) is 9.72. The normalized spacial score (nSPS) is 45.2. The summed E-state index contributed by atoms with van der Waals surface area (Å²) in [4.78, 5) is 25.1. The molecule has 0 aromatic rings. The van der Waals surface area contributed by atoms with Crippen LogP contribution in [-0.4, -0.2) is 24.5 Å². The van der Waals surface area contributed by atoms with Gasteiger partial charge in [0, 0.05) is 6.04 Å². The number of hydrogen-bond donors (Lipinski definition) is 1. The summed E-state index contributed by atoms with van der Waals surface area (Å²) < 4.78 is 5.54. The van der Waals surface area contributed by atoms with E-state index in [1.807, 2.05) is 0 Å². The third-order valence-electron chi connectivity index (χ3n) is 7.86. The maximum absolute atomic E-state index is 12.8. The Hall–Kier alpha value is -1.06. The van der Waals surface area contributed by atoms with Gasteiger partial charge in [-0.05, 0) is 74.5 Å². The first-order chi connectivity index (χ1) is 11.9. The van der Waals surface area contributed by atoms with Gasteiger partial charge in [0.1, 0.15) is 0 Å². The molecule has 4 bridgehead atoms. The summed E-state index contributed by atoms with van der Waals surface area (Å²) in [6.07, 6.45) is 10.4. The van der Waals surface area contributed by atoms with Crippen LogP contribution >= 0.6 is 0 Å². The molecule has 0 aromatic carbocycles. The number of carbonyl (C=O) groups excluding carboxylic acids is 2. The summed E-state index contributed by atoms with van der Waals surface area (Å²) in [7, 11) is 0. The Kier molecular flexibility index (Phi) is 4.57. The summed E-state index contributed by atoms with van der Waals surface area (Å²) in [5.74, 6) is 3.09. The van der Waals surface area contributed by atoms with Crippen molar-refractivity contribution in [3.8, 4) is 0 Å². The van der Waals surface area contributed by atoms with E-state index >= 15 is 0 Å². The topological polar surface area (TPSA) is 55.4 Å². The molecule has 5 saturated carbocycles. The van der Waals surface area contributed by atoms with Gasteiger partial charge >= 0.3 is 5.97 Å². The fraction of sp³-hybridized carbons (Fsp3) is 0.905. The van der Waals surface area contributed by atoms with E-state index in [4.69, 9.17) is 4.74 Å². The summed E-state index contributed by atoms with van der Waals surface area (Å²) in [5, 5.41) is 3.11. The molecule has 0 radical (unpaired) electrons. The van der Waals surface area contributed by atoms with E-state index in [1.165, 1.54) is 32.1 Å². The quantitative estimate of drug-likeness (QED) is 0.789. The molecular formula is C21H33NO3. The molecule has 1 amide bonds. The number of ether oxygens (including phenoxy) is 1. The highest BCUT2D eigenvalue weighted by atomic mass is 16.5. The van der Waals surface area contributed by atoms with Crippen LogP contribution in [0.3, 0.4) is 0 Å². The van der Waals surface area contributed by atoms with Crippen LogP contribution in [-0.2, 0) is 14.3 Å². The second-order valence-electron chi connectivity index (χ2n) is 9.72. The predicted octanol–water partition coefficient (Wildman–Crippen LogP) is 3.69. The molecule has 5 aliphatic carbocycles. The van der Waals surface area contributed by atoms with Crippen LogP contribution in [0.2, 0.25) is 0 Å². The molecule has 4 heteroatoms. The Labute approximate surface area is 151 Å². The second kappa shape index (κ2) is 6.59. The first-order valence-corrected chi connectivity index (χ1v) is 10.4. The van der Waals surface area contributed by atoms with Crippen molar-refractivity contribution in [2.24, 2.45) is 35.0 Å². The largest absolute Gasteiger partial charge is 0.455 e. The Morgan fingerprint density at radius 2 is 1.60 bits per heavy atom. The van der Waals surface area contributed by atoms with Gasteiger partial charge in [-0.2, -0.15) is 0 Å². The molecule has 1 N–H and O–H groups in total. The van der Waals surface area contributed by atoms with Crippen LogP contribution < -0.4 is 5.32 Å². The molecule has 140 valence electrons. The maximum atomic E-state index is 12.8. The number of rotatable bonds is 4. The van der Waals surface area contributed by atoms with E-state index in [1.54, 1.807) is 0 Å². The van der Waals surface area contributed by atoms with E-state index < -0.39 is 0 Å². The SMILES string of the molecule is CC1CCCC(NC(=O)COC(=O)C23CC4CC(CC(C4)C2)C3)C1C. The van der Waals surface area contributed by atoms with Crippen LogP contribution in [0.1, 0.15) is 71.6 Å². The molecule has 3 unspecified atom stereocenters. The lowest BCUT2D eigenvalue weighted by Gasteiger charge is -2.55. The van der Waals surface area contributed by atoms with Gasteiger partial charge in [0.25, 0.3) is 5.91 Å². The molecule has 25 heavy (non-hydrogen) atoms. The first kappa shape index (κ1) is 17.4. The van der Waals surface area contributed by atoms with E-state index in [0.29, 0.717) is 11.8 Å². The lowest BCUT2D eigenvalue weighted by Crippen LogP contribution is -2.51. The average Bonchev–Trinajstić information content (AvgIpc) is 2.55. The molecule has 5 rings (SSSR count). The molecule has 5 aliphatic rings. The predicted molar refractivity (Wildman–Crippen MR) is 95.7 cm³/mol. The molecule has 0 spiro atoms. The van der Waals surface area contributed by atoms with E-state index in [9.17, 15) is 9.59 Å². The smallest absolute Gasteiger partial charge is 0.312 e. The zero-order valence-electron chi connectivity index (χ0n) is 15.8. The van der Waals surface area contributed by atoms with Crippen molar-refractivity contribution in [3.05, 3.63) is 0 Å². The molecule has 3 atom stereocenters. The third-order valence-corrected chi connectivity index (χ3v) is 7.86. The minimum Gasteiger partial charge on any atom is -0.455 e. The highest BCUT2D eigenvalue weighted by Gasteiger charge is 2.55. The summed E-state index contributed by atoms with van der Waals surface area (Å²) >= 11 is 0. The number of hydrogen-bond acceptors (Lipinski definition) is 3. The molecule has 0 aromatic heterocycles. The van der Waals surface area contributed by atoms with Gasteiger partial charge in [0.2, 0.25) is 0 Å². The highest BCUT2D eigenvalue weighted by Crippen LogP contribution is 2.60. The van der Waals surface area contributed by atoms with Gasteiger partial charge in [-0.25, -0.2) is 0 Å². The highest BCUT2D eigenvalue weighted by molar-refractivity contribution is 5.83.